The Labute approximate surface area is 147 Å². The number of halogens is 2. The van der Waals surface area contributed by atoms with Crippen LogP contribution in [0.1, 0.15) is 12.5 Å². The highest BCUT2D eigenvalue weighted by Crippen LogP contribution is 2.12. The van der Waals surface area contributed by atoms with Crippen molar-refractivity contribution in [1.82, 2.24) is 25.6 Å². The third-order valence-electron chi connectivity index (χ3n) is 3.46. The summed E-state index contributed by atoms with van der Waals surface area (Å²) in [5.74, 6) is -2.01. The Balaban J connectivity index is 1.62. The van der Waals surface area contributed by atoms with Gasteiger partial charge >= 0.3 is 0 Å². The van der Waals surface area contributed by atoms with Crippen LogP contribution in [0.15, 0.2) is 53.6 Å². The second-order valence-corrected chi connectivity index (χ2v) is 5.37. The lowest BCUT2D eigenvalue weighted by Crippen LogP contribution is -2.25. The van der Waals surface area contributed by atoms with E-state index in [-0.39, 0.29) is 6.54 Å². The molecule has 7 nitrogen and oxygen atoms in total. The average Bonchev–Trinajstić information content (AvgIpc) is 3.11. The Bertz CT molecular complexity index is 955. The molecular weight excluding hydrogens is 342 g/mol. The van der Waals surface area contributed by atoms with E-state index in [1.807, 2.05) is 30.3 Å². The van der Waals surface area contributed by atoms with Gasteiger partial charge in [-0.05, 0) is 30.3 Å². The van der Waals surface area contributed by atoms with Gasteiger partial charge in [-0.25, -0.2) is 14.2 Å². The maximum Gasteiger partial charge on any atom is 0.263 e. The number of nitrogens with one attached hydrogen (secondary N) is 1. The Morgan fingerprint density at radius 2 is 1.92 bits per heavy atom. The van der Waals surface area contributed by atoms with Crippen molar-refractivity contribution in [3.8, 4) is 11.4 Å². The van der Waals surface area contributed by atoms with Crippen molar-refractivity contribution in [2.75, 3.05) is 0 Å². The van der Waals surface area contributed by atoms with Gasteiger partial charge < -0.3 is 0 Å². The number of carbonyl (C=O) groups excluding carboxylic acids is 1. The zero-order valence-electron chi connectivity index (χ0n) is 13.7. The van der Waals surface area contributed by atoms with E-state index in [0.717, 1.165) is 22.5 Å². The normalized spacial score (nSPS) is 11.4. The predicted molar refractivity (Wildman–Crippen MR) is 90.0 cm³/mol. The average molecular weight is 356 g/mol. The minimum atomic E-state index is -0.983. The SMILES string of the molecule is C/C(=N/NC(=O)Cn1nnc(-c2ccccc2)n1)c1ccc(F)c(F)c1. The van der Waals surface area contributed by atoms with E-state index in [9.17, 15) is 13.6 Å². The van der Waals surface area contributed by atoms with Crippen molar-refractivity contribution < 1.29 is 13.6 Å². The van der Waals surface area contributed by atoms with Crippen molar-refractivity contribution in [2.24, 2.45) is 5.10 Å². The molecule has 0 atom stereocenters. The number of hydrazone groups is 1. The molecule has 132 valence electrons. The number of hydrogen-bond donors (Lipinski definition) is 1. The highest BCUT2D eigenvalue weighted by atomic mass is 19.2. The molecule has 1 amide bonds. The standard InChI is InChI=1S/C17H14F2N6O/c1-11(13-7-8-14(18)15(19)9-13)20-21-16(26)10-25-23-17(22-24-25)12-5-3-2-4-6-12/h2-9H,10H2,1H3,(H,21,26)/b20-11-. The Hall–Kier alpha value is -3.49. The Morgan fingerprint density at radius 3 is 2.65 bits per heavy atom. The van der Waals surface area contributed by atoms with Crippen molar-refractivity contribution in [2.45, 2.75) is 13.5 Å². The van der Waals surface area contributed by atoms with Gasteiger partial charge in [-0.3, -0.25) is 4.79 Å². The first-order chi connectivity index (χ1) is 12.5. The second-order valence-electron chi connectivity index (χ2n) is 5.37. The molecule has 0 bridgehead atoms. The van der Waals surface area contributed by atoms with Gasteiger partial charge in [-0.2, -0.15) is 9.90 Å². The quantitative estimate of drug-likeness (QED) is 0.561. The van der Waals surface area contributed by atoms with Crippen molar-refractivity contribution in [3.05, 3.63) is 65.7 Å². The van der Waals surface area contributed by atoms with Gasteiger partial charge in [0.2, 0.25) is 5.82 Å². The monoisotopic (exact) mass is 356 g/mol. The molecule has 3 rings (SSSR count). The van der Waals surface area contributed by atoms with Crippen LogP contribution < -0.4 is 5.43 Å². The summed E-state index contributed by atoms with van der Waals surface area (Å²) in [5.41, 5.74) is 3.78. The summed E-state index contributed by atoms with van der Waals surface area (Å²) in [4.78, 5) is 13.1. The second kappa shape index (κ2) is 7.60. The van der Waals surface area contributed by atoms with Crippen LogP contribution in [0.25, 0.3) is 11.4 Å². The van der Waals surface area contributed by atoms with Crippen molar-refractivity contribution >= 4 is 11.6 Å². The molecule has 0 saturated carbocycles. The fraction of sp³-hybridized carbons (Fsp3) is 0.118. The van der Waals surface area contributed by atoms with Crippen LogP contribution >= 0.6 is 0 Å². The summed E-state index contributed by atoms with van der Waals surface area (Å²) in [7, 11) is 0. The Kier molecular flexibility index (Phi) is 5.07. The minimum Gasteiger partial charge on any atom is -0.271 e. The first-order valence-electron chi connectivity index (χ1n) is 7.65. The number of aromatic nitrogens is 4. The number of nitrogens with zero attached hydrogens (tertiary/aromatic N) is 5. The first kappa shape index (κ1) is 17.3. The van der Waals surface area contributed by atoms with E-state index in [1.54, 1.807) is 6.92 Å². The highest BCUT2D eigenvalue weighted by Gasteiger charge is 2.09. The summed E-state index contributed by atoms with van der Waals surface area (Å²) in [6.07, 6.45) is 0. The van der Waals surface area contributed by atoms with Gasteiger partial charge in [0.15, 0.2) is 11.6 Å². The summed E-state index contributed by atoms with van der Waals surface area (Å²) >= 11 is 0. The van der Waals surface area contributed by atoms with E-state index in [4.69, 9.17) is 0 Å². The van der Waals surface area contributed by atoms with Gasteiger partial charge in [-0.1, -0.05) is 30.3 Å². The molecule has 0 spiro atoms. The number of carbonyl (C=O) groups is 1. The third kappa shape index (κ3) is 4.12. The lowest BCUT2D eigenvalue weighted by atomic mass is 10.1. The van der Waals surface area contributed by atoms with Crippen LogP contribution in [0.2, 0.25) is 0 Å². The van der Waals surface area contributed by atoms with Crippen LogP contribution in [0.4, 0.5) is 8.78 Å². The lowest BCUT2D eigenvalue weighted by molar-refractivity contribution is -0.122. The molecule has 1 heterocycles. The maximum atomic E-state index is 13.2. The van der Waals surface area contributed by atoms with Gasteiger partial charge in [0.25, 0.3) is 5.91 Å². The number of benzene rings is 2. The molecule has 0 aliphatic carbocycles. The van der Waals surface area contributed by atoms with E-state index in [1.165, 1.54) is 6.07 Å². The number of amides is 1. The molecule has 0 saturated heterocycles. The molecule has 1 N–H and O–H groups in total. The lowest BCUT2D eigenvalue weighted by Gasteiger charge is -2.03. The van der Waals surface area contributed by atoms with E-state index >= 15 is 0 Å². The number of rotatable bonds is 5. The predicted octanol–water partition coefficient (Wildman–Crippen LogP) is 2.16. The van der Waals surface area contributed by atoms with Crippen LogP contribution in [0.5, 0.6) is 0 Å². The molecule has 26 heavy (non-hydrogen) atoms. The topological polar surface area (TPSA) is 85.1 Å². The molecule has 3 aromatic rings. The summed E-state index contributed by atoms with van der Waals surface area (Å²) < 4.78 is 26.2. The van der Waals surface area contributed by atoms with Crippen LogP contribution in [0, 0.1) is 11.6 Å². The molecular formula is C17H14F2N6O. The summed E-state index contributed by atoms with van der Waals surface area (Å²) in [5, 5.41) is 15.7. The van der Waals surface area contributed by atoms with Crippen molar-refractivity contribution in [3.63, 3.8) is 0 Å². The van der Waals surface area contributed by atoms with E-state index in [0.29, 0.717) is 17.1 Å². The molecule has 9 heteroatoms. The van der Waals surface area contributed by atoms with E-state index < -0.39 is 17.5 Å². The molecule has 0 aliphatic rings. The van der Waals surface area contributed by atoms with Gasteiger partial charge in [-0.15, -0.1) is 10.2 Å². The molecule has 1 aromatic heterocycles. The van der Waals surface area contributed by atoms with Crippen LogP contribution in [0.3, 0.4) is 0 Å². The molecule has 0 radical (unpaired) electrons. The van der Waals surface area contributed by atoms with Gasteiger partial charge in [0, 0.05) is 11.1 Å². The molecule has 2 aromatic carbocycles. The zero-order valence-corrected chi connectivity index (χ0v) is 13.7. The fourth-order valence-electron chi connectivity index (χ4n) is 2.11. The zero-order chi connectivity index (χ0) is 18.5. The van der Waals surface area contributed by atoms with E-state index in [2.05, 4.69) is 25.9 Å². The van der Waals surface area contributed by atoms with Crippen LogP contribution in [-0.4, -0.2) is 31.8 Å². The Morgan fingerprint density at radius 1 is 1.15 bits per heavy atom. The summed E-state index contributed by atoms with van der Waals surface area (Å²) in [6, 6.07) is 12.6. The van der Waals surface area contributed by atoms with Crippen molar-refractivity contribution in [1.29, 1.82) is 0 Å². The third-order valence-corrected chi connectivity index (χ3v) is 3.46. The number of tetrazole rings is 1. The largest absolute Gasteiger partial charge is 0.271 e. The van der Waals surface area contributed by atoms with Gasteiger partial charge in [0.1, 0.15) is 6.54 Å². The molecule has 0 unspecified atom stereocenters. The molecule has 0 aliphatic heterocycles. The summed E-state index contributed by atoms with van der Waals surface area (Å²) in [6.45, 7) is 1.38. The fourth-order valence-corrected chi connectivity index (χ4v) is 2.11. The first-order valence-corrected chi connectivity index (χ1v) is 7.65. The maximum absolute atomic E-state index is 13.2. The van der Waals surface area contributed by atoms with Crippen LogP contribution in [-0.2, 0) is 11.3 Å². The minimum absolute atomic E-state index is 0.186. The highest BCUT2D eigenvalue weighted by molar-refractivity contribution is 5.99. The smallest absolute Gasteiger partial charge is 0.263 e. The molecule has 0 fully saturated rings. The number of hydrogen-bond acceptors (Lipinski definition) is 5. The van der Waals surface area contributed by atoms with Gasteiger partial charge in [0.05, 0.1) is 5.71 Å².